The molecule has 1 aromatic carbocycles. The molecule has 1 fully saturated rings. The van der Waals surface area contributed by atoms with E-state index in [1.54, 1.807) is 0 Å². The standard InChI is InChI=1S/C14H17.Li/c1-12-7-5-6-10-14(12)11-13-8-3-2-4-9-13;/h2-4,8,14H,1,5-7,10-11H2;/q-1;+1. The van der Waals surface area contributed by atoms with E-state index < -0.39 is 0 Å². The summed E-state index contributed by atoms with van der Waals surface area (Å²) in [7, 11) is 0. The Morgan fingerprint density at radius 2 is 2.20 bits per heavy atom. The van der Waals surface area contributed by atoms with E-state index >= 15 is 0 Å². The minimum atomic E-state index is 0. The predicted octanol–water partition coefficient (Wildman–Crippen LogP) is 0.780. The van der Waals surface area contributed by atoms with Crippen LogP contribution in [0.3, 0.4) is 0 Å². The van der Waals surface area contributed by atoms with Gasteiger partial charge in [-0.15, -0.1) is 0 Å². The molecule has 1 aliphatic carbocycles. The van der Waals surface area contributed by atoms with E-state index in [1.807, 2.05) is 12.1 Å². The van der Waals surface area contributed by atoms with Crippen molar-refractivity contribution in [2.45, 2.75) is 32.1 Å². The molecule has 0 spiro atoms. The summed E-state index contributed by atoms with van der Waals surface area (Å²) >= 11 is 0. The van der Waals surface area contributed by atoms with Gasteiger partial charge in [-0.1, -0.05) is 18.6 Å². The van der Waals surface area contributed by atoms with Gasteiger partial charge in [0.25, 0.3) is 0 Å². The predicted molar refractivity (Wildman–Crippen MR) is 60.1 cm³/mol. The third kappa shape index (κ3) is 3.56. The zero-order valence-corrected chi connectivity index (χ0v) is 9.63. The van der Waals surface area contributed by atoms with Crippen LogP contribution >= 0.6 is 0 Å². The Morgan fingerprint density at radius 3 is 2.87 bits per heavy atom. The summed E-state index contributed by atoms with van der Waals surface area (Å²) in [5.74, 6) is 0.711. The van der Waals surface area contributed by atoms with Gasteiger partial charge >= 0.3 is 18.9 Å². The average molecular weight is 192 g/mol. The third-order valence-electron chi connectivity index (χ3n) is 3.12. The first-order valence-corrected chi connectivity index (χ1v) is 5.49. The second kappa shape index (κ2) is 6.21. The van der Waals surface area contributed by atoms with Crippen LogP contribution in [0.15, 0.2) is 36.4 Å². The van der Waals surface area contributed by atoms with Gasteiger partial charge in [0.15, 0.2) is 0 Å². The van der Waals surface area contributed by atoms with E-state index in [0.717, 1.165) is 6.42 Å². The van der Waals surface area contributed by atoms with Crippen molar-refractivity contribution in [2.75, 3.05) is 0 Å². The third-order valence-corrected chi connectivity index (χ3v) is 3.12. The smallest absolute Gasteiger partial charge is 0.180 e. The van der Waals surface area contributed by atoms with E-state index in [0.29, 0.717) is 5.92 Å². The molecule has 1 unspecified atom stereocenters. The first-order chi connectivity index (χ1) is 6.86. The fourth-order valence-electron chi connectivity index (χ4n) is 2.22. The van der Waals surface area contributed by atoms with Gasteiger partial charge in [0, 0.05) is 0 Å². The first kappa shape index (κ1) is 12.6. The normalized spacial score (nSPS) is 20.8. The van der Waals surface area contributed by atoms with Crippen molar-refractivity contribution in [3.05, 3.63) is 48.0 Å². The van der Waals surface area contributed by atoms with Crippen molar-refractivity contribution in [3.8, 4) is 0 Å². The van der Waals surface area contributed by atoms with E-state index in [1.165, 1.54) is 36.8 Å². The largest absolute Gasteiger partial charge is 1.00 e. The zero-order chi connectivity index (χ0) is 9.80. The van der Waals surface area contributed by atoms with Crippen LogP contribution in [0, 0.1) is 12.0 Å². The Bertz CT molecular complexity index is 302. The Hall–Kier alpha value is -0.443. The van der Waals surface area contributed by atoms with Crippen LogP contribution in [0.4, 0.5) is 0 Å². The van der Waals surface area contributed by atoms with Crippen molar-refractivity contribution >= 4 is 0 Å². The fourth-order valence-corrected chi connectivity index (χ4v) is 2.22. The molecule has 1 atom stereocenters. The minimum absolute atomic E-state index is 0. The minimum Gasteiger partial charge on any atom is -0.180 e. The van der Waals surface area contributed by atoms with Crippen molar-refractivity contribution < 1.29 is 18.9 Å². The molecule has 1 aromatic rings. The molecular formula is C14H17Li. The number of allylic oxidation sites excluding steroid dienone is 1. The molecule has 0 nitrogen and oxygen atoms in total. The van der Waals surface area contributed by atoms with Crippen LogP contribution in [0.2, 0.25) is 0 Å². The maximum Gasteiger partial charge on any atom is 1.00 e. The van der Waals surface area contributed by atoms with Gasteiger partial charge in [-0.2, -0.15) is 35.9 Å². The molecule has 1 saturated carbocycles. The number of benzene rings is 1. The topological polar surface area (TPSA) is 0 Å². The Balaban J connectivity index is 0.00000112. The van der Waals surface area contributed by atoms with Crippen molar-refractivity contribution in [3.63, 3.8) is 0 Å². The molecule has 2 rings (SSSR count). The van der Waals surface area contributed by atoms with Gasteiger partial charge in [-0.05, 0) is 31.6 Å². The molecule has 0 heterocycles. The summed E-state index contributed by atoms with van der Waals surface area (Å²) in [5.41, 5.74) is 2.79. The van der Waals surface area contributed by atoms with Crippen LogP contribution in [0.1, 0.15) is 31.2 Å². The van der Waals surface area contributed by atoms with E-state index in [9.17, 15) is 0 Å². The Kier molecular flexibility index (Phi) is 5.23. The Morgan fingerprint density at radius 1 is 1.33 bits per heavy atom. The second-order valence-corrected chi connectivity index (χ2v) is 4.19. The second-order valence-electron chi connectivity index (χ2n) is 4.19. The molecule has 0 radical (unpaired) electrons. The first-order valence-electron chi connectivity index (χ1n) is 5.49. The number of rotatable bonds is 2. The molecule has 1 heteroatoms. The fraction of sp³-hybridized carbons (Fsp3) is 0.429. The summed E-state index contributed by atoms with van der Waals surface area (Å²) in [5, 5.41) is 0. The molecule has 0 bridgehead atoms. The SMILES string of the molecule is C=C1CCCCC1Cc1[c-]cccc1.[Li+]. The van der Waals surface area contributed by atoms with Gasteiger partial charge in [-0.3, -0.25) is 0 Å². The molecule has 74 valence electrons. The quantitative estimate of drug-likeness (QED) is 0.369. The van der Waals surface area contributed by atoms with Gasteiger partial charge in [-0.25, -0.2) is 0 Å². The molecule has 1 aliphatic rings. The Labute approximate surface area is 105 Å². The molecule has 0 N–H and O–H groups in total. The number of hydrogen-bond acceptors (Lipinski definition) is 0. The molecular weight excluding hydrogens is 175 g/mol. The van der Waals surface area contributed by atoms with Gasteiger partial charge in [0.05, 0.1) is 0 Å². The molecule has 0 amide bonds. The number of hydrogen-bond donors (Lipinski definition) is 0. The molecule has 0 aromatic heterocycles. The molecule has 0 aliphatic heterocycles. The van der Waals surface area contributed by atoms with Crippen LogP contribution < -0.4 is 18.9 Å². The summed E-state index contributed by atoms with van der Waals surface area (Å²) in [6, 6.07) is 11.6. The summed E-state index contributed by atoms with van der Waals surface area (Å²) in [6.07, 6.45) is 6.41. The zero-order valence-electron chi connectivity index (χ0n) is 9.63. The van der Waals surface area contributed by atoms with Gasteiger partial charge in [0.1, 0.15) is 0 Å². The van der Waals surface area contributed by atoms with Crippen LogP contribution in [0.25, 0.3) is 0 Å². The average Bonchev–Trinajstić information content (AvgIpc) is 2.23. The van der Waals surface area contributed by atoms with Crippen molar-refractivity contribution in [2.24, 2.45) is 5.92 Å². The monoisotopic (exact) mass is 192 g/mol. The van der Waals surface area contributed by atoms with Crippen molar-refractivity contribution in [1.82, 2.24) is 0 Å². The van der Waals surface area contributed by atoms with Crippen LogP contribution in [0.5, 0.6) is 0 Å². The molecule has 0 saturated heterocycles. The van der Waals surface area contributed by atoms with Crippen molar-refractivity contribution in [1.29, 1.82) is 0 Å². The summed E-state index contributed by atoms with van der Waals surface area (Å²) in [4.78, 5) is 0. The maximum absolute atomic E-state index is 4.18. The summed E-state index contributed by atoms with van der Waals surface area (Å²) in [6.45, 7) is 4.18. The maximum atomic E-state index is 4.18. The van der Waals surface area contributed by atoms with Gasteiger partial charge in [0.2, 0.25) is 0 Å². The van der Waals surface area contributed by atoms with E-state index in [2.05, 4.69) is 24.8 Å². The van der Waals surface area contributed by atoms with Crippen LogP contribution in [-0.2, 0) is 6.42 Å². The summed E-state index contributed by atoms with van der Waals surface area (Å²) < 4.78 is 0. The van der Waals surface area contributed by atoms with Crippen LogP contribution in [-0.4, -0.2) is 0 Å². The van der Waals surface area contributed by atoms with Gasteiger partial charge < -0.3 is 0 Å². The van der Waals surface area contributed by atoms with E-state index in [4.69, 9.17) is 0 Å². The van der Waals surface area contributed by atoms with E-state index in [-0.39, 0.29) is 18.9 Å². The molecule has 15 heavy (non-hydrogen) atoms.